The molecular formula is C26H26F2N10O3. The largest absolute Gasteiger partial charge is 0.383 e. The number of fused-ring (bicyclic) bond motifs is 2. The third kappa shape index (κ3) is 5.23. The van der Waals surface area contributed by atoms with Gasteiger partial charge in [0, 0.05) is 50.1 Å². The highest BCUT2D eigenvalue weighted by atomic mass is 19.3. The maximum atomic E-state index is 15.8. The summed E-state index contributed by atoms with van der Waals surface area (Å²) < 4.78 is 40.5. The van der Waals surface area contributed by atoms with Crippen LogP contribution in [-0.4, -0.2) is 83.0 Å². The number of halogens is 2. The number of methoxy groups -OCH3 is 1. The van der Waals surface area contributed by atoms with Crippen LogP contribution in [0.1, 0.15) is 24.4 Å². The van der Waals surface area contributed by atoms with Gasteiger partial charge < -0.3 is 15.0 Å². The number of likely N-dealkylation sites (N-methyl/N-ethyl adjacent to an activating group) is 1. The van der Waals surface area contributed by atoms with Crippen molar-refractivity contribution in [2.24, 2.45) is 5.92 Å². The number of amides is 2. The number of carbonyl (C=O) groups is 2. The lowest BCUT2D eigenvalue weighted by Crippen LogP contribution is -2.32. The van der Waals surface area contributed by atoms with Crippen LogP contribution >= 0.6 is 0 Å². The van der Waals surface area contributed by atoms with Crippen LogP contribution in [0.3, 0.4) is 0 Å². The Hall–Kier alpha value is -4.79. The SMILES string of the molecule is COCCN(C)C(=O)Cn1cc(-c2ccc3nnc(C(F)(F)c4ccc5nc(NC(=O)C6CC6)cn5n4)n3c2)cn1. The number of hydrogen-bond donors (Lipinski definition) is 1. The third-order valence-corrected chi connectivity index (χ3v) is 6.84. The van der Waals surface area contributed by atoms with Crippen LogP contribution in [0.5, 0.6) is 0 Å². The van der Waals surface area contributed by atoms with E-state index in [0.717, 1.165) is 12.8 Å². The van der Waals surface area contributed by atoms with Gasteiger partial charge in [0.2, 0.25) is 17.6 Å². The van der Waals surface area contributed by atoms with Gasteiger partial charge in [0.1, 0.15) is 12.2 Å². The molecule has 0 unspecified atom stereocenters. The summed E-state index contributed by atoms with van der Waals surface area (Å²) >= 11 is 0. The molecule has 1 fully saturated rings. The first-order valence-corrected chi connectivity index (χ1v) is 12.9. The Balaban J connectivity index is 1.25. The van der Waals surface area contributed by atoms with Gasteiger partial charge in [-0.05, 0) is 37.1 Å². The molecule has 0 aromatic carbocycles. The second-order valence-electron chi connectivity index (χ2n) is 9.89. The first-order chi connectivity index (χ1) is 19.7. The zero-order valence-electron chi connectivity index (χ0n) is 22.2. The third-order valence-electron chi connectivity index (χ3n) is 6.84. The van der Waals surface area contributed by atoms with Gasteiger partial charge in [-0.3, -0.25) is 18.7 Å². The van der Waals surface area contributed by atoms with E-state index in [2.05, 4.69) is 30.7 Å². The summed E-state index contributed by atoms with van der Waals surface area (Å²) in [5.41, 5.74) is 1.17. The molecule has 1 aliphatic rings. The topological polar surface area (TPSA) is 137 Å². The van der Waals surface area contributed by atoms with Crippen LogP contribution in [0.4, 0.5) is 14.6 Å². The van der Waals surface area contributed by atoms with Crippen molar-refractivity contribution < 1.29 is 23.1 Å². The molecule has 41 heavy (non-hydrogen) atoms. The Kier molecular flexibility index (Phi) is 6.65. The van der Waals surface area contributed by atoms with Crippen molar-refractivity contribution in [3.05, 3.63) is 60.6 Å². The number of imidazole rings is 1. The Morgan fingerprint density at radius 1 is 1.10 bits per heavy atom. The van der Waals surface area contributed by atoms with Gasteiger partial charge in [0.25, 0.3) is 0 Å². The molecule has 5 aromatic rings. The number of rotatable bonds is 10. The summed E-state index contributed by atoms with van der Waals surface area (Å²) in [4.78, 5) is 30.3. The van der Waals surface area contributed by atoms with Gasteiger partial charge in [-0.25, -0.2) is 9.50 Å². The van der Waals surface area contributed by atoms with Crippen LogP contribution in [0.15, 0.2) is 49.1 Å². The van der Waals surface area contributed by atoms with E-state index < -0.39 is 17.4 Å². The highest BCUT2D eigenvalue weighted by Gasteiger charge is 2.41. The average Bonchev–Trinajstić information content (AvgIpc) is 3.36. The number of ether oxygens (including phenoxy) is 1. The smallest absolute Gasteiger partial charge is 0.350 e. The molecule has 5 heterocycles. The number of aromatic nitrogens is 8. The Morgan fingerprint density at radius 2 is 1.90 bits per heavy atom. The van der Waals surface area contributed by atoms with E-state index in [-0.39, 0.29) is 35.7 Å². The van der Waals surface area contributed by atoms with Crippen molar-refractivity contribution in [3.8, 4) is 11.1 Å². The Morgan fingerprint density at radius 3 is 2.68 bits per heavy atom. The van der Waals surface area contributed by atoms with Gasteiger partial charge in [-0.15, -0.1) is 10.2 Å². The van der Waals surface area contributed by atoms with Crippen LogP contribution in [-0.2, 0) is 26.8 Å². The molecule has 0 spiro atoms. The predicted octanol–water partition coefficient (Wildman–Crippen LogP) is 2.23. The quantitative estimate of drug-likeness (QED) is 0.273. The molecule has 1 saturated carbocycles. The second kappa shape index (κ2) is 10.3. The molecule has 5 aromatic heterocycles. The average molecular weight is 565 g/mol. The minimum atomic E-state index is -3.61. The lowest BCUT2D eigenvalue weighted by atomic mass is 10.1. The molecule has 0 atom stereocenters. The van der Waals surface area contributed by atoms with Crippen molar-refractivity contribution in [2.75, 3.05) is 32.6 Å². The minimum absolute atomic E-state index is 0.0206. The van der Waals surface area contributed by atoms with Crippen LogP contribution in [0, 0.1) is 5.92 Å². The maximum absolute atomic E-state index is 15.8. The summed E-state index contributed by atoms with van der Waals surface area (Å²) in [7, 11) is 3.24. The van der Waals surface area contributed by atoms with E-state index in [1.165, 1.54) is 38.1 Å². The molecule has 2 amide bonds. The van der Waals surface area contributed by atoms with Crippen molar-refractivity contribution in [3.63, 3.8) is 0 Å². The zero-order chi connectivity index (χ0) is 28.7. The van der Waals surface area contributed by atoms with Crippen molar-refractivity contribution in [2.45, 2.75) is 25.3 Å². The predicted molar refractivity (Wildman–Crippen MR) is 141 cm³/mol. The highest BCUT2D eigenvalue weighted by Crippen LogP contribution is 2.34. The Labute approximate surface area is 231 Å². The van der Waals surface area contributed by atoms with Gasteiger partial charge in [-0.1, -0.05) is 0 Å². The number of nitrogens with one attached hydrogen (secondary N) is 1. The summed E-state index contributed by atoms with van der Waals surface area (Å²) in [6.45, 7) is 0.891. The van der Waals surface area contributed by atoms with E-state index in [4.69, 9.17) is 4.74 Å². The number of nitrogens with zero attached hydrogens (tertiary/aromatic N) is 9. The van der Waals surface area contributed by atoms with E-state index in [1.807, 2.05) is 0 Å². The fourth-order valence-corrected chi connectivity index (χ4v) is 4.29. The first-order valence-electron chi connectivity index (χ1n) is 12.9. The molecule has 212 valence electrons. The number of pyridine rings is 1. The van der Waals surface area contributed by atoms with Gasteiger partial charge in [-0.2, -0.15) is 19.0 Å². The van der Waals surface area contributed by atoms with Crippen LogP contribution in [0.2, 0.25) is 0 Å². The summed E-state index contributed by atoms with van der Waals surface area (Å²) in [6.07, 6.45) is 7.77. The number of carbonyl (C=O) groups excluding carboxylic acids is 2. The zero-order valence-corrected chi connectivity index (χ0v) is 22.2. The molecule has 0 aliphatic heterocycles. The molecule has 0 saturated heterocycles. The molecule has 0 bridgehead atoms. The molecule has 1 aliphatic carbocycles. The normalized spacial score (nSPS) is 13.7. The monoisotopic (exact) mass is 564 g/mol. The molecule has 15 heteroatoms. The molecule has 6 rings (SSSR count). The minimum Gasteiger partial charge on any atom is -0.383 e. The van der Waals surface area contributed by atoms with Gasteiger partial charge >= 0.3 is 5.92 Å². The van der Waals surface area contributed by atoms with E-state index in [1.54, 1.807) is 43.6 Å². The fraction of sp³-hybridized carbons (Fsp3) is 0.346. The van der Waals surface area contributed by atoms with E-state index in [0.29, 0.717) is 29.9 Å². The molecular weight excluding hydrogens is 538 g/mol. The lowest BCUT2D eigenvalue weighted by molar-refractivity contribution is -0.131. The van der Waals surface area contributed by atoms with Gasteiger partial charge in [0.15, 0.2) is 17.1 Å². The number of hydrogen-bond acceptors (Lipinski definition) is 8. The molecule has 0 radical (unpaired) electrons. The highest BCUT2D eigenvalue weighted by molar-refractivity contribution is 5.93. The van der Waals surface area contributed by atoms with Gasteiger partial charge in [0.05, 0.1) is 19.0 Å². The van der Waals surface area contributed by atoms with E-state index >= 15 is 8.78 Å². The van der Waals surface area contributed by atoms with E-state index in [9.17, 15) is 9.59 Å². The van der Waals surface area contributed by atoms with Crippen molar-refractivity contribution in [1.29, 1.82) is 0 Å². The van der Waals surface area contributed by atoms with Crippen molar-refractivity contribution in [1.82, 2.24) is 43.9 Å². The summed E-state index contributed by atoms with van der Waals surface area (Å²) in [6, 6.07) is 5.86. The summed E-state index contributed by atoms with van der Waals surface area (Å²) in [5, 5.41) is 18.7. The van der Waals surface area contributed by atoms with Crippen molar-refractivity contribution >= 4 is 28.9 Å². The standard InChI is InChI=1S/C26H26F2N10O3/c1-35(9-10-41-2)23(39)15-36-12-18(11-29-36)17-5-7-22-32-33-25(37(22)13-17)26(27,28)19-6-8-21-30-20(14-38(21)34-19)31-24(40)16-3-4-16/h5-8,11-14,16H,3-4,9-10,15H2,1-2H3,(H,31,40). The Bertz CT molecular complexity index is 1760. The molecule has 1 N–H and O–H groups in total. The lowest BCUT2D eigenvalue weighted by Gasteiger charge is -2.16. The first kappa shape index (κ1) is 26.4. The van der Waals surface area contributed by atoms with Crippen LogP contribution < -0.4 is 5.32 Å². The fourth-order valence-electron chi connectivity index (χ4n) is 4.29. The summed E-state index contributed by atoms with van der Waals surface area (Å²) in [5.74, 6) is -4.30. The van der Waals surface area contributed by atoms with Crippen LogP contribution in [0.25, 0.3) is 22.4 Å². The second-order valence-corrected chi connectivity index (χ2v) is 9.89. The number of alkyl halides is 2. The number of anilines is 1. The maximum Gasteiger partial charge on any atom is 0.350 e. The molecule has 13 nitrogen and oxygen atoms in total.